The van der Waals surface area contributed by atoms with Gasteiger partial charge in [-0.3, -0.25) is 9.78 Å². The summed E-state index contributed by atoms with van der Waals surface area (Å²) in [7, 11) is 1.47. The fourth-order valence-corrected chi connectivity index (χ4v) is 2.45. The molecule has 0 aliphatic rings. The number of pyridine rings is 1. The average molecular weight is 401 g/mol. The van der Waals surface area contributed by atoms with E-state index in [1.807, 2.05) is 30.3 Å². The van der Waals surface area contributed by atoms with Crippen LogP contribution in [0.25, 0.3) is 6.08 Å². The van der Waals surface area contributed by atoms with E-state index < -0.39 is 5.97 Å². The largest absolute Gasteiger partial charge is 0.493 e. The van der Waals surface area contributed by atoms with E-state index in [-0.39, 0.29) is 11.7 Å². The lowest BCUT2D eigenvalue weighted by Gasteiger charge is -2.08. The first kappa shape index (κ1) is 20.5. The lowest BCUT2D eigenvalue weighted by atomic mass is 10.2. The maximum atomic E-state index is 12.1. The van der Waals surface area contributed by atoms with Crippen LogP contribution in [0.4, 0.5) is 0 Å². The third kappa shape index (κ3) is 5.87. The topological polar surface area (TPSA) is 89.9 Å². The zero-order chi connectivity index (χ0) is 21.2. The number of carbonyl (C=O) groups is 2. The van der Waals surface area contributed by atoms with Crippen LogP contribution in [0.2, 0.25) is 0 Å². The average Bonchev–Trinajstić information content (AvgIpc) is 2.79. The molecule has 1 N–H and O–H groups in total. The summed E-state index contributed by atoms with van der Waals surface area (Å²) >= 11 is 0. The van der Waals surface area contributed by atoms with Crippen LogP contribution in [0.1, 0.15) is 21.5 Å². The monoisotopic (exact) mass is 401 g/mol. The first-order valence-electron chi connectivity index (χ1n) is 9.02. The normalized spacial score (nSPS) is 10.8. The number of carbonyl (C=O) groups excluding carboxylic acids is 2. The lowest BCUT2D eigenvalue weighted by Crippen LogP contribution is -2.17. The predicted octanol–water partition coefficient (Wildman–Crippen LogP) is 3.47. The van der Waals surface area contributed by atoms with Crippen LogP contribution >= 0.6 is 0 Å². The highest BCUT2D eigenvalue weighted by Crippen LogP contribution is 2.27. The van der Waals surface area contributed by atoms with Crippen LogP contribution in [0, 0.1) is 0 Å². The molecule has 30 heavy (non-hydrogen) atoms. The molecule has 3 aromatic rings. The molecule has 0 aliphatic heterocycles. The molecule has 0 fully saturated rings. The second-order valence-corrected chi connectivity index (χ2v) is 6.02. The van der Waals surface area contributed by atoms with Gasteiger partial charge in [0.05, 0.1) is 18.9 Å². The molecule has 0 spiro atoms. The number of hydrogen-bond acceptors (Lipinski definition) is 6. The number of amides is 1. The van der Waals surface area contributed by atoms with Crippen molar-refractivity contribution in [1.29, 1.82) is 0 Å². The molecule has 1 aromatic heterocycles. The van der Waals surface area contributed by atoms with Gasteiger partial charge >= 0.3 is 5.97 Å². The molecule has 7 heteroatoms. The second-order valence-electron chi connectivity index (χ2n) is 6.02. The maximum Gasteiger partial charge on any atom is 0.336 e. The number of nitrogens with one attached hydrogen (secondary N) is 1. The van der Waals surface area contributed by atoms with E-state index in [9.17, 15) is 9.59 Å². The summed E-state index contributed by atoms with van der Waals surface area (Å²) in [6, 6.07) is 17.6. The van der Waals surface area contributed by atoms with Crippen molar-refractivity contribution in [2.24, 2.45) is 5.10 Å². The first-order valence-corrected chi connectivity index (χ1v) is 9.02. The third-order valence-corrected chi connectivity index (χ3v) is 3.91. The number of aromatic nitrogens is 1. The molecule has 1 amide bonds. The highest BCUT2D eigenvalue weighted by molar-refractivity contribution is 5.94. The fraction of sp³-hybridized carbons (Fsp3) is 0.0435. The van der Waals surface area contributed by atoms with Crippen molar-refractivity contribution in [2.75, 3.05) is 7.11 Å². The zero-order valence-corrected chi connectivity index (χ0v) is 16.2. The van der Waals surface area contributed by atoms with Crippen molar-refractivity contribution >= 4 is 24.2 Å². The highest BCUT2D eigenvalue weighted by atomic mass is 16.6. The van der Waals surface area contributed by atoms with Crippen molar-refractivity contribution in [2.45, 2.75) is 0 Å². The van der Waals surface area contributed by atoms with E-state index in [4.69, 9.17) is 9.47 Å². The molecule has 0 aliphatic carbocycles. The standard InChI is InChI=1S/C23H19N3O4/c1-29-21-14-18(15-25-26-23(28)19-8-5-13-24-16-19)9-11-20(21)30-22(27)12-10-17-6-3-2-4-7-17/h2-16H,1H3,(H,26,28)/b12-10+,25-15+. The minimum Gasteiger partial charge on any atom is -0.493 e. The van der Waals surface area contributed by atoms with Crippen LogP contribution in [0.15, 0.2) is 84.2 Å². The van der Waals surface area contributed by atoms with Crippen molar-refractivity contribution in [3.8, 4) is 11.5 Å². The molecule has 0 atom stereocenters. The van der Waals surface area contributed by atoms with E-state index in [0.29, 0.717) is 16.9 Å². The fourth-order valence-electron chi connectivity index (χ4n) is 2.45. The Bertz CT molecular complexity index is 1060. The quantitative estimate of drug-likeness (QED) is 0.215. The van der Waals surface area contributed by atoms with Gasteiger partial charge in [-0.2, -0.15) is 5.10 Å². The van der Waals surface area contributed by atoms with Crippen LogP contribution < -0.4 is 14.9 Å². The summed E-state index contributed by atoms with van der Waals surface area (Å²) in [5.41, 5.74) is 4.36. The molecule has 1 heterocycles. The van der Waals surface area contributed by atoms with Crippen molar-refractivity contribution in [3.63, 3.8) is 0 Å². The van der Waals surface area contributed by atoms with E-state index >= 15 is 0 Å². The number of hydrogen-bond donors (Lipinski definition) is 1. The van der Waals surface area contributed by atoms with Gasteiger partial charge < -0.3 is 9.47 Å². The number of hydrazone groups is 1. The summed E-state index contributed by atoms with van der Waals surface area (Å²) in [5, 5.41) is 3.92. The molecular weight excluding hydrogens is 382 g/mol. The van der Waals surface area contributed by atoms with E-state index in [0.717, 1.165) is 5.56 Å². The van der Waals surface area contributed by atoms with Gasteiger partial charge in [0.2, 0.25) is 0 Å². The first-order chi connectivity index (χ1) is 14.7. The number of rotatable bonds is 7. The summed E-state index contributed by atoms with van der Waals surface area (Å²) in [4.78, 5) is 27.9. The Kier molecular flexibility index (Phi) is 7.05. The molecule has 2 aromatic carbocycles. The van der Waals surface area contributed by atoms with Gasteiger partial charge in [-0.1, -0.05) is 30.3 Å². The van der Waals surface area contributed by atoms with E-state index in [2.05, 4.69) is 15.5 Å². The minimum atomic E-state index is -0.526. The van der Waals surface area contributed by atoms with Gasteiger partial charge in [-0.25, -0.2) is 10.2 Å². The summed E-state index contributed by atoms with van der Waals surface area (Å²) in [6.45, 7) is 0. The van der Waals surface area contributed by atoms with Gasteiger partial charge in [0.1, 0.15) is 0 Å². The molecular formula is C23H19N3O4. The number of methoxy groups -OCH3 is 1. The molecule has 150 valence electrons. The summed E-state index contributed by atoms with van der Waals surface area (Å²) in [5.74, 6) is -0.264. The summed E-state index contributed by atoms with van der Waals surface area (Å²) < 4.78 is 10.6. The molecule has 0 radical (unpaired) electrons. The zero-order valence-electron chi connectivity index (χ0n) is 16.2. The Labute approximate surface area is 173 Å². The Morgan fingerprint density at radius 1 is 1.00 bits per heavy atom. The smallest absolute Gasteiger partial charge is 0.336 e. The van der Waals surface area contributed by atoms with Crippen molar-refractivity contribution < 1.29 is 19.1 Å². The van der Waals surface area contributed by atoms with Crippen LogP contribution in [0.5, 0.6) is 11.5 Å². The van der Waals surface area contributed by atoms with Crippen LogP contribution in [-0.4, -0.2) is 30.2 Å². The molecule has 0 saturated carbocycles. The Morgan fingerprint density at radius 2 is 1.83 bits per heavy atom. The van der Waals surface area contributed by atoms with Crippen LogP contribution in [0.3, 0.4) is 0 Å². The number of ether oxygens (including phenoxy) is 2. The maximum absolute atomic E-state index is 12.1. The molecule has 0 unspecified atom stereocenters. The second kappa shape index (κ2) is 10.3. The van der Waals surface area contributed by atoms with Crippen molar-refractivity contribution in [1.82, 2.24) is 10.4 Å². The van der Waals surface area contributed by atoms with E-state index in [1.54, 1.807) is 42.6 Å². The van der Waals surface area contributed by atoms with Gasteiger partial charge in [0.25, 0.3) is 5.91 Å². The SMILES string of the molecule is COc1cc(/C=N/NC(=O)c2cccnc2)ccc1OC(=O)/C=C/c1ccccc1. The van der Waals surface area contributed by atoms with Crippen molar-refractivity contribution in [3.05, 3.63) is 95.8 Å². The van der Waals surface area contributed by atoms with Gasteiger partial charge in [0, 0.05) is 18.5 Å². The van der Waals surface area contributed by atoms with Gasteiger partial charge in [-0.15, -0.1) is 0 Å². The molecule has 0 bridgehead atoms. The Hall–Kier alpha value is -4.26. The summed E-state index contributed by atoms with van der Waals surface area (Å²) in [6.07, 6.45) is 7.50. The number of nitrogens with zero attached hydrogens (tertiary/aromatic N) is 2. The van der Waals surface area contributed by atoms with Gasteiger partial charge in [0.15, 0.2) is 11.5 Å². The Balaban J connectivity index is 1.62. The predicted molar refractivity (Wildman–Crippen MR) is 113 cm³/mol. The highest BCUT2D eigenvalue weighted by Gasteiger charge is 2.09. The lowest BCUT2D eigenvalue weighted by molar-refractivity contribution is -0.129. The minimum absolute atomic E-state index is 0.275. The van der Waals surface area contributed by atoms with Gasteiger partial charge in [-0.05, 0) is 47.5 Å². The Morgan fingerprint density at radius 3 is 2.57 bits per heavy atom. The molecule has 7 nitrogen and oxygen atoms in total. The molecule has 3 rings (SSSR count). The third-order valence-electron chi connectivity index (χ3n) is 3.91. The van der Waals surface area contributed by atoms with Crippen LogP contribution in [-0.2, 0) is 4.79 Å². The number of esters is 1. The number of benzene rings is 2. The van der Waals surface area contributed by atoms with E-state index in [1.165, 1.54) is 25.6 Å². The molecule has 0 saturated heterocycles.